The number of aromatic nitrogens is 4. The molecule has 3 N–H and O–H groups in total. The van der Waals surface area contributed by atoms with Gasteiger partial charge in [0.1, 0.15) is 24.1 Å². The average molecular weight is 609 g/mol. The predicted octanol–water partition coefficient (Wildman–Crippen LogP) is 3.39. The molecule has 0 saturated carbocycles. The van der Waals surface area contributed by atoms with Gasteiger partial charge in [0.05, 0.1) is 19.5 Å². The van der Waals surface area contributed by atoms with Gasteiger partial charge in [0, 0.05) is 18.8 Å². The number of hydrogen-bond donors (Lipinski definition) is 3. The molecule has 15 heteroatoms. The van der Waals surface area contributed by atoms with Gasteiger partial charge in [-0.05, 0) is 25.0 Å². The van der Waals surface area contributed by atoms with Crippen LogP contribution >= 0.6 is 0 Å². The van der Waals surface area contributed by atoms with Crippen molar-refractivity contribution in [3.05, 3.63) is 48.5 Å². The molecule has 4 rings (SSSR count). The van der Waals surface area contributed by atoms with Gasteiger partial charge in [-0.2, -0.15) is 13.2 Å². The Bertz CT molecular complexity index is 1370. The molecular formula is C28H35F3N6O6. The number of halogens is 3. The zero-order chi connectivity index (χ0) is 31.0. The van der Waals surface area contributed by atoms with Crippen LogP contribution in [0.2, 0.25) is 0 Å². The molecule has 2 unspecified atom stereocenters. The summed E-state index contributed by atoms with van der Waals surface area (Å²) in [4.78, 5) is 37.7. The Morgan fingerprint density at radius 3 is 2.49 bits per heavy atom. The highest BCUT2D eigenvalue weighted by molar-refractivity contribution is 6.06. The Hall–Kier alpha value is -3.66. The van der Waals surface area contributed by atoms with E-state index in [1.807, 2.05) is 19.2 Å². The molecule has 12 nitrogen and oxygen atoms in total. The Balaban J connectivity index is 1.74. The van der Waals surface area contributed by atoms with E-state index >= 15 is 0 Å². The number of nitrogens with one attached hydrogen (secondary N) is 2. The molecular weight excluding hydrogens is 573 g/mol. The van der Waals surface area contributed by atoms with E-state index in [-0.39, 0.29) is 30.2 Å². The van der Waals surface area contributed by atoms with Crippen LogP contribution in [0.15, 0.2) is 43.0 Å². The first kappa shape index (κ1) is 32.3. The highest BCUT2D eigenvalue weighted by Crippen LogP contribution is 2.41. The predicted molar refractivity (Wildman–Crippen MR) is 148 cm³/mol. The van der Waals surface area contributed by atoms with Crippen molar-refractivity contribution in [1.29, 1.82) is 0 Å². The lowest BCUT2D eigenvalue weighted by Gasteiger charge is -2.33. The zero-order valence-electron chi connectivity index (χ0n) is 23.8. The fraction of sp³-hybridized carbons (Fsp3) is 0.536. The van der Waals surface area contributed by atoms with Crippen molar-refractivity contribution < 1.29 is 42.1 Å². The molecule has 0 aliphatic carbocycles. The maximum Gasteiger partial charge on any atom is 0.471 e. The molecule has 1 fully saturated rings. The Morgan fingerprint density at radius 2 is 1.81 bits per heavy atom. The number of anilines is 1. The van der Waals surface area contributed by atoms with Crippen molar-refractivity contribution in [2.45, 2.75) is 69.7 Å². The van der Waals surface area contributed by atoms with Gasteiger partial charge in [0.25, 0.3) is 5.91 Å². The number of nitrogens with zero attached hydrogens (tertiary/aromatic N) is 4. The number of fused-ring (bicyclic) bond motifs is 1. The van der Waals surface area contributed by atoms with Crippen molar-refractivity contribution in [2.75, 3.05) is 31.7 Å². The standard InChI is InChI=1S/C28H35F3N6O6/c1-3-5-12-41-15-27(14-38)21(42-13-6-4-2)19(35-26(40)28(29,30)31)25(43-27)37-17-34-20-22(32-16-33-23(20)37)36-24(39)18-10-8-7-9-11-18/h7-11,16-17,19,21,25,38H,3-6,12-15H2,1-2H3,(H,35,40)(H,32,33,36,39)/t19?,21?,25-,27-/m1/s1. The van der Waals surface area contributed by atoms with Gasteiger partial charge in [-0.1, -0.05) is 44.9 Å². The molecule has 1 saturated heterocycles. The van der Waals surface area contributed by atoms with Crippen molar-refractivity contribution in [3.8, 4) is 0 Å². The summed E-state index contributed by atoms with van der Waals surface area (Å²) in [6, 6.07) is 6.94. The Kier molecular flexibility index (Phi) is 10.7. The van der Waals surface area contributed by atoms with E-state index in [1.54, 1.807) is 30.3 Å². The van der Waals surface area contributed by atoms with E-state index in [9.17, 15) is 27.9 Å². The maximum absolute atomic E-state index is 13.5. The number of amides is 2. The van der Waals surface area contributed by atoms with Crippen LogP contribution in [-0.2, 0) is 19.0 Å². The molecule has 0 bridgehead atoms. The van der Waals surface area contributed by atoms with E-state index in [0.717, 1.165) is 19.2 Å². The number of imidazole rings is 1. The van der Waals surface area contributed by atoms with Crippen LogP contribution in [-0.4, -0.2) is 86.8 Å². The first-order valence-electron chi connectivity index (χ1n) is 14.0. The fourth-order valence-electron chi connectivity index (χ4n) is 4.76. The van der Waals surface area contributed by atoms with Crippen LogP contribution in [0.5, 0.6) is 0 Å². The van der Waals surface area contributed by atoms with Crippen molar-refractivity contribution >= 4 is 28.8 Å². The molecule has 0 spiro atoms. The van der Waals surface area contributed by atoms with E-state index in [1.165, 1.54) is 10.9 Å². The molecule has 1 aromatic carbocycles. The maximum atomic E-state index is 13.5. The van der Waals surface area contributed by atoms with E-state index in [2.05, 4.69) is 20.3 Å². The second kappa shape index (κ2) is 14.2. The first-order valence-corrected chi connectivity index (χ1v) is 14.0. The Morgan fingerprint density at radius 1 is 1.09 bits per heavy atom. The third-order valence-electron chi connectivity index (χ3n) is 7.01. The summed E-state index contributed by atoms with van der Waals surface area (Å²) in [5.74, 6) is -2.61. The van der Waals surface area contributed by atoms with Gasteiger partial charge in [0.15, 0.2) is 23.2 Å². The number of benzene rings is 1. The third kappa shape index (κ3) is 7.29. The molecule has 1 aliphatic heterocycles. The van der Waals surface area contributed by atoms with Gasteiger partial charge in [-0.15, -0.1) is 0 Å². The number of carbonyl (C=O) groups excluding carboxylic acids is 2. The topological polar surface area (TPSA) is 150 Å². The van der Waals surface area contributed by atoms with E-state index < -0.39 is 48.6 Å². The Labute approximate surface area is 246 Å². The lowest BCUT2D eigenvalue weighted by Crippen LogP contribution is -2.57. The smallest absolute Gasteiger partial charge is 0.393 e. The van der Waals surface area contributed by atoms with Gasteiger partial charge in [-0.25, -0.2) is 15.0 Å². The van der Waals surface area contributed by atoms with Gasteiger partial charge in [-0.3, -0.25) is 14.2 Å². The van der Waals surface area contributed by atoms with Crippen molar-refractivity contribution in [3.63, 3.8) is 0 Å². The first-order chi connectivity index (χ1) is 20.6. The quantitative estimate of drug-likeness (QED) is 0.234. The number of carbonyl (C=O) groups is 2. The normalized spacial score (nSPS) is 22.1. The largest absolute Gasteiger partial charge is 0.471 e. The van der Waals surface area contributed by atoms with Gasteiger partial charge < -0.3 is 30.0 Å². The lowest BCUT2D eigenvalue weighted by atomic mass is 9.94. The summed E-state index contributed by atoms with van der Waals surface area (Å²) in [5, 5.41) is 15.3. The summed E-state index contributed by atoms with van der Waals surface area (Å²) < 4.78 is 59.9. The summed E-state index contributed by atoms with van der Waals surface area (Å²) in [6.07, 6.45) is -2.54. The number of unbranched alkanes of at least 4 members (excludes halogenated alkanes) is 2. The summed E-state index contributed by atoms with van der Waals surface area (Å²) in [6.45, 7) is 3.45. The minimum absolute atomic E-state index is 0.0542. The van der Waals surface area contributed by atoms with Crippen molar-refractivity contribution in [1.82, 2.24) is 24.8 Å². The van der Waals surface area contributed by atoms with Crippen LogP contribution in [0.1, 0.15) is 56.1 Å². The highest BCUT2D eigenvalue weighted by atomic mass is 19.4. The van der Waals surface area contributed by atoms with Gasteiger partial charge in [0.2, 0.25) is 0 Å². The number of alkyl halides is 3. The number of aliphatic hydroxyl groups is 1. The molecule has 43 heavy (non-hydrogen) atoms. The number of ether oxygens (including phenoxy) is 3. The molecule has 2 amide bonds. The second-order valence-corrected chi connectivity index (χ2v) is 10.1. The zero-order valence-corrected chi connectivity index (χ0v) is 23.8. The lowest BCUT2D eigenvalue weighted by molar-refractivity contribution is -0.175. The van der Waals surface area contributed by atoms with Crippen LogP contribution in [0.4, 0.5) is 19.0 Å². The summed E-state index contributed by atoms with van der Waals surface area (Å²) in [7, 11) is 0. The van der Waals surface area contributed by atoms with Gasteiger partial charge >= 0.3 is 12.1 Å². The van der Waals surface area contributed by atoms with Crippen LogP contribution < -0.4 is 10.6 Å². The molecule has 1 aliphatic rings. The van der Waals surface area contributed by atoms with Crippen LogP contribution in [0, 0.1) is 0 Å². The minimum Gasteiger partial charge on any atom is -0.393 e. The third-order valence-corrected chi connectivity index (χ3v) is 7.01. The SMILES string of the molecule is CCCCOC[C@@]1(CO)O[C@@H](n2cnc3c(NC(=O)c4ccccc4)ncnc32)C(NC(=O)C(F)(F)F)C1OCCCC. The highest BCUT2D eigenvalue weighted by Gasteiger charge is 2.59. The van der Waals surface area contributed by atoms with Crippen LogP contribution in [0.25, 0.3) is 11.2 Å². The molecule has 3 heterocycles. The molecule has 0 radical (unpaired) electrons. The number of aliphatic hydroxyl groups excluding tert-OH is 1. The van der Waals surface area contributed by atoms with E-state index in [0.29, 0.717) is 25.0 Å². The van der Waals surface area contributed by atoms with Crippen molar-refractivity contribution in [2.24, 2.45) is 0 Å². The minimum atomic E-state index is -5.20. The fourth-order valence-corrected chi connectivity index (χ4v) is 4.76. The molecule has 234 valence electrons. The van der Waals surface area contributed by atoms with E-state index in [4.69, 9.17) is 14.2 Å². The summed E-state index contributed by atoms with van der Waals surface area (Å²) in [5.41, 5.74) is -1.04. The number of rotatable bonds is 14. The molecule has 2 aromatic heterocycles. The molecule has 3 aromatic rings. The van der Waals surface area contributed by atoms with Crippen LogP contribution in [0.3, 0.4) is 0 Å². The molecule has 4 atom stereocenters. The summed E-state index contributed by atoms with van der Waals surface area (Å²) >= 11 is 0. The number of hydrogen-bond acceptors (Lipinski definition) is 9. The monoisotopic (exact) mass is 608 g/mol. The second-order valence-electron chi connectivity index (χ2n) is 10.1. The average Bonchev–Trinajstić information content (AvgIpc) is 3.55.